The number of nitrogens with one attached hydrogen (secondary N) is 1. The van der Waals surface area contributed by atoms with Gasteiger partial charge in [0.05, 0.1) is 10.0 Å². The van der Waals surface area contributed by atoms with Gasteiger partial charge in [0.2, 0.25) is 0 Å². The molecule has 0 radical (unpaired) electrons. The molecular formula is C11H8ClN3O2S2. The highest BCUT2D eigenvalue weighted by atomic mass is 35.5. The van der Waals surface area contributed by atoms with E-state index in [1.807, 2.05) is 0 Å². The molecular weight excluding hydrogens is 306 g/mol. The number of rotatable bonds is 3. The number of pyridine rings is 1. The van der Waals surface area contributed by atoms with Crippen LogP contribution in [-0.4, -0.2) is 17.8 Å². The van der Waals surface area contributed by atoms with Gasteiger partial charge in [-0.2, -0.15) is 0 Å². The Labute approximate surface area is 118 Å². The van der Waals surface area contributed by atoms with E-state index in [1.165, 1.54) is 6.07 Å². The van der Waals surface area contributed by atoms with Crippen molar-refractivity contribution in [3.8, 4) is 0 Å². The molecule has 0 saturated carbocycles. The van der Waals surface area contributed by atoms with E-state index in [1.54, 1.807) is 41.2 Å². The molecule has 0 spiro atoms. The standard InChI is InChI=1S/C11H8ClN3O2S2/c12-9-2-4-11(18-9)19(16,17)14-8-1-3-10-13-5-6-15(10)7-8/h1-7,14H. The number of fused-ring (bicyclic) bond motifs is 1. The van der Waals surface area contributed by atoms with Crippen molar-refractivity contribution in [3.63, 3.8) is 0 Å². The molecule has 0 aliphatic carbocycles. The van der Waals surface area contributed by atoms with E-state index in [4.69, 9.17) is 11.6 Å². The zero-order valence-corrected chi connectivity index (χ0v) is 11.8. The first-order valence-electron chi connectivity index (χ1n) is 5.25. The van der Waals surface area contributed by atoms with Crippen molar-refractivity contribution in [2.45, 2.75) is 4.21 Å². The summed E-state index contributed by atoms with van der Waals surface area (Å²) < 4.78 is 29.1. The molecule has 0 amide bonds. The number of nitrogens with zero attached hydrogens (tertiary/aromatic N) is 2. The van der Waals surface area contributed by atoms with Gasteiger partial charge in [-0.3, -0.25) is 4.72 Å². The van der Waals surface area contributed by atoms with Crippen LogP contribution in [0, 0.1) is 0 Å². The molecule has 0 atom stereocenters. The smallest absolute Gasteiger partial charge is 0.271 e. The van der Waals surface area contributed by atoms with E-state index < -0.39 is 10.0 Å². The number of thiophene rings is 1. The van der Waals surface area contributed by atoms with Gasteiger partial charge in [0.1, 0.15) is 9.86 Å². The summed E-state index contributed by atoms with van der Waals surface area (Å²) in [6.07, 6.45) is 5.05. The van der Waals surface area contributed by atoms with Crippen molar-refractivity contribution in [1.29, 1.82) is 0 Å². The Bertz CT molecular complexity index is 838. The van der Waals surface area contributed by atoms with Gasteiger partial charge in [-0.05, 0) is 24.3 Å². The Morgan fingerprint density at radius 1 is 1.26 bits per heavy atom. The van der Waals surface area contributed by atoms with Crippen molar-refractivity contribution in [3.05, 3.63) is 47.2 Å². The zero-order valence-electron chi connectivity index (χ0n) is 9.45. The van der Waals surface area contributed by atoms with E-state index in [-0.39, 0.29) is 4.21 Å². The minimum atomic E-state index is -3.59. The monoisotopic (exact) mass is 313 g/mol. The summed E-state index contributed by atoms with van der Waals surface area (Å²) in [6.45, 7) is 0. The second-order valence-corrected chi connectivity index (χ2v) is 7.40. The predicted octanol–water partition coefficient (Wildman–Crippen LogP) is 2.85. The lowest BCUT2D eigenvalue weighted by Gasteiger charge is -2.06. The Morgan fingerprint density at radius 3 is 2.84 bits per heavy atom. The fourth-order valence-electron chi connectivity index (χ4n) is 1.63. The summed E-state index contributed by atoms with van der Waals surface area (Å²) in [4.78, 5) is 4.09. The number of hydrogen-bond acceptors (Lipinski definition) is 4. The summed E-state index contributed by atoms with van der Waals surface area (Å²) >= 11 is 6.76. The third kappa shape index (κ3) is 2.44. The summed E-state index contributed by atoms with van der Waals surface area (Å²) in [5.41, 5.74) is 1.22. The summed E-state index contributed by atoms with van der Waals surface area (Å²) in [5.74, 6) is 0. The predicted molar refractivity (Wildman–Crippen MR) is 75.3 cm³/mol. The van der Waals surface area contributed by atoms with Crippen LogP contribution in [0.4, 0.5) is 5.69 Å². The highest BCUT2D eigenvalue weighted by Gasteiger charge is 2.16. The van der Waals surface area contributed by atoms with Gasteiger partial charge in [-0.15, -0.1) is 11.3 Å². The van der Waals surface area contributed by atoms with Crippen LogP contribution < -0.4 is 4.72 Å². The van der Waals surface area contributed by atoms with Gasteiger partial charge < -0.3 is 4.40 Å². The van der Waals surface area contributed by atoms with Crippen molar-refractivity contribution in [2.24, 2.45) is 0 Å². The van der Waals surface area contributed by atoms with Gasteiger partial charge in [0.15, 0.2) is 0 Å². The lowest BCUT2D eigenvalue weighted by molar-refractivity contribution is 0.603. The van der Waals surface area contributed by atoms with Gasteiger partial charge in [-0.25, -0.2) is 13.4 Å². The maximum Gasteiger partial charge on any atom is 0.271 e. The Balaban J connectivity index is 1.95. The second-order valence-electron chi connectivity index (χ2n) is 3.77. The number of imidazole rings is 1. The first-order valence-corrected chi connectivity index (χ1v) is 7.93. The highest BCUT2D eigenvalue weighted by Crippen LogP contribution is 2.27. The van der Waals surface area contributed by atoms with Gasteiger partial charge in [0.25, 0.3) is 10.0 Å². The molecule has 3 aromatic heterocycles. The van der Waals surface area contributed by atoms with E-state index >= 15 is 0 Å². The summed E-state index contributed by atoms with van der Waals surface area (Å²) in [7, 11) is -3.59. The van der Waals surface area contributed by atoms with Gasteiger partial charge in [0, 0.05) is 18.6 Å². The molecule has 3 aromatic rings. The number of hydrogen-bond donors (Lipinski definition) is 1. The van der Waals surface area contributed by atoms with E-state index in [0.29, 0.717) is 10.0 Å². The highest BCUT2D eigenvalue weighted by molar-refractivity contribution is 7.94. The maximum absolute atomic E-state index is 12.1. The first-order chi connectivity index (χ1) is 9.04. The van der Waals surface area contributed by atoms with Crippen LogP contribution in [0.3, 0.4) is 0 Å². The molecule has 0 bridgehead atoms. The van der Waals surface area contributed by atoms with Crippen molar-refractivity contribution >= 4 is 44.3 Å². The largest absolute Gasteiger partial charge is 0.305 e. The average molecular weight is 314 g/mol. The van der Waals surface area contributed by atoms with E-state index in [0.717, 1.165) is 17.0 Å². The van der Waals surface area contributed by atoms with E-state index in [2.05, 4.69) is 9.71 Å². The van der Waals surface area contributed by atoms with Crippen LogP contribution in [0.5, 0.6) is 0 Å². The Hall–Kier alpha value is -1.57. The van der Waals surface area contributed by atoms with Crippen LogP contribution >= 0.6 is 22.9 Å². The van der Waals surface area contributed by atoms with E-state index in [9.17, 15) is 8.42 Å². The van der Waals surface area contributed by atoms with Crippen LogP contribution in [0.2, 0.25) is 4.34 Å². The fraction of sp³-hybridized carbons (Fsp3) is 0. The lowest BCUT2D eigenvalue weighted by Crippen LogP contribution is -2.11. The Kier molecular flexibility index (Phi) is 2.96. The van der Waals surface area contributed by atoms with Crippen LogP contribution in [0.15, 0.2) is 47.1 Å². The topological polar surface area (TPSA) is 63.5 Å². The number of aromatic nitrogens is 2. The zero-order chi connectivity index (χ0) is 13.5. The maximum atomic E-state index is 12.1. The average Bonchev–Trinajstić information content (AvgIpc) is 2.96. The lowest BCUT2D eigenvalue weighted by atomic mass is 10.4. The third-order valence-corrected chi connectivity index (χ3v) is 5.56. The molecule has 0 aliphatic rings. The van der Waals surface area contributed by atoms with Crippen molar-refractivity contribution in [2.75, 3.05) is 4.72 Å². The summed E-state index contributed by atoms with van der Waals surface area (Å²) in [5, 5.41) is 0. The van der Waals surface area contributed by atoms with Gasteiger partial charge in [-0.1, -0.05) is 11.6 Å². The minimum Gasteiger partial charge on any atom is -0.305 e. The Morgan fingerprint density at radius 2 is 2.11 bits per heavy atom. The number of halogens is 1. The SMILES string of the molecule is O=S(=O)(Nc1ccc2nccn2c1)c1ccc(Cl)s1. The molecule has 0 unspecified atom stereocenters. The number of anilines is 1. The molecule has 98 valence electrons. The minimum absolute atomic E-state index is 0.184. The molecule has 0 aromatic carbocycles. The molecule has 8 heteroatoms. The molecule has 0 aliphatic heterocycles. The van der Waals surface area contributed by atoms with Crippen LogP contribution in [0.1, 0.15) is 0 Å². The molecule has 0 saturated heterocycles. The molecule has 0 fully saturated rings. The molecule has 5 nitrogen and oxygen atoms in total. The fourth-order valence-corrected chi connectivity index (χ4v) is 4.15. The van der Waals surface area contributed by atoms with Crippen molar-refractivity contribution < 1.29 is 8.42 Å². The second kappa shape index (κ2) is 4.52. The molecule has 3 rings (SSSR count). The normalized spacial score (nSPS) is 11.8. The molecule has 3 heterocycles. The third-order valence-electron chi connectivity index (χ3n) is 2.45. The molecule has 1 N–H and O–H groups in total. The quantitative estimate of drug-likeness (QED) is 0.808. The van der Waals surface area contributed by atoms with Gasteiger partial charge >= 0.3 is 0 Å². The van der Waals surface area contributed by atoms with Crippen LogP contribution in [0.25, 0.3) is 5.65 Å². The summed E-state index contributed by atoms with van der Waals surface area (Å²) in [6, 6.07) is 6.43. The number of sulfonamides is 1. The first kappa shape index (κ1) is 12.5. The van der Waals surface area contributed by atoms with Crippen LogP contribution in [-0.2, 0) is 10.0 Å². The van der Waals surface area contributed by atoms with Crippen molar-refractivity contribution in [1.82, 2.24) is 9.38 Å². The molecule has 19 heavy (non-hydrogen) atoms.